The number of nitrogens with zero attached hydrogens (tertiary/aromatic N) is 1. The van der Waals surface area contributed by atoms with Crippen LogP contribution in [0.5, 0.6) is 0 Å². The van der Waals surface area contributed by atoms with Crippen LogP contribution in [0.4, 0.5) is 0 Å². The van der Waals surface area contributed by atoms with Crippen molar-refractivity contribution in [3.05, 3.63) is 35.5 Å². The third-order valence-corrected chi connectivity index (χ3v) is 4.23. The second-order valence-corrected chi connectivity index (χ2v) is 5.45. The molecule has 0 radical (unpaired) electrons. The minimum absolute atomic E-state index is 0.131. The molecule has 0 unspecified atom stereocenters. The van der Waals surface area contributed by atoms with E-state index in [9.17, 15) is 4.79 Å². The highest BCUT2D eigenvalue weighted by molar-refractivity contribution is 5.86. The normalized spacial score (nSPS) is 16.4. The van der Waals surface area contributed by atoms with E-state index in [1.807, 2.05) is 17.9 Å². The van der Waals surface area contributed by atoms with Crippen LogP contribution in [0.1, 0.15) is 31.5 Å². The van der Waals surface area contributed by atoms with Crippen LogP contribution < -0.4 is 0 Å². The van der Waals surface area contributed by atoms with Gasteiger partial charge < -0.3 is 9.88 Å². The van der Waals surface area contributed by atoms with Gasteiger partial charge in [0.05, 0.1) is 0 Å². The highest BCUT2D eigenvalue weighted by Gasteiger charge is 2.25. The van der Waals surface area contributed by atoms with E-state index in [4.69, 9.17) is 0 Å². The third-order valence-electron chi connectivity index (χ3n) is 4.23. The van der Waals surface area contributed by atoms with Gasteiger partial charge in [-0.25, -0.2) is 0 Å². The van der Waals surface area contributed by atoms with Gasteiger partial charge in [0.25, 0.3) is 0 Å². The summed E-state index contributed by atoms with van der Waals surface area (Å²) in [7, 11) is 0. The zero-order chi connectivity index (χ0) is 13.4. The first-order chi connectivity index (χ1) is 9.20. The smallest absolute Gasteiger partial charge is 0.225 e. The zero-order valence-corrected chi connectivity index (χ0v) is 11.6. The highest BCUT2D eigenvalue weighted by atomic mass is 16.2. The minimum Gasteiger partial charge on any atom is -0.358 e. The molecule has 3 nitrogen and oxygen atoms in total. The maximum Gasteiger partial charge on any atom is 0.225 e. The molecule has 0 spiro atoms. The van der Waals surface area contributed by atoms with Gasteiger partial charge in [-0.1, -0.05) is 32.0 Å². The van der Waals surface area contributed by atoms with E-state index in [0.29, 0.717) is 5.91 Å². The van der Waals surface area contributed by atoms with E-state index in [0.717, 1.165) is 25.9 Å². The molecule has 19 heavy (non-hydrogen) atoms. The van der Waals surface area contributed by atoms with Crippen molar-refractivity contribution in [1.82, 2.24) is 9.88 Å². The van der Waals surface area contributed by atoms with Gasteiger partial charge >= 0.3 is 0 Å². The Labute approximate surface area is 113 Å². The SMILES string of the molecule is CC[C@@H](C)C(=O)N1CCc2[nH]c3ccccc3c2C1. The van der Waals surface area contributed by atoms with Gasteiger partial charge in [0.2, 0.25) is 5.91 Å². The standard InChI is InChI=1S/C16H20N2O/c1-3-11(2)16(19)18-9-8-15-13(10-18)12-6-4-5-7-14(12)17-15/h4-7,11,17H,3,8-10H2,1-2H3/t11-/m1/s1. The number of benzene rings is 1. The molecule has 1 aromatic carbocycles. The lowest BCUT2D eigenvalue weighted by Gasteiger charge is -2.29. The number of fused-ring (bicyclic) bond motifs is 3. The van der Waals surface area contributed by atoms with Crippen molar-refractivity contribution >= 4 is 16.8 Å². The van der Waals surface area contributed by atoms with Crippen molar-refractivity contribution in [2.45, 2.75) is 33.2 Å². The molecule has 3 rings (SSSR count). The molecule has 1 aliphatic rings. The quantitative estimate of drug-likeness (QED) is 0.880. The van der Waals surface area contributed by atoms with Gasteiger partial charge in [0.1, 0.15) is 0 Å². The van der Waals surface area contributed by atoms with E-state index < -0.39 is 0 Å². The molecule has 0 aliphatic carbocycles. The number of carbonyl (C=O) groups is 1. The van der Waals surface area contributed by atoms with Crippen LogP contribution in [-0.4, -0.2) is 22.3 Å². The summed E-state index contributed by atoms with van der Waals surface area (Å²) in [5.41, 5.74) is 3.79. The van der Waals surface area contributed by atoms with Crippen molar-refractivity contribution < 1.29 is 4.79 Å². The summed E-state index contributed by atoms with van der Waals surface area (Å²) < 4.78 is 0. The predicted molar refractivity (Wildman–Crippen MR) is 76.9 cm³/mol. The monoisotopic (exact) mass is 256 g/mol. The third kappa shape index (κ3) is 2.03. The fourth-order valence-electron chi connectivity index (χ4n) is 2.84. The van der Waals surface area contributed by atoms with E-state index >= 15 is 0 Å². The summed E-state index contributed by atoms with van der Waals surface area (Å²) >= 11 is 0. The molecule has 1 amide bonds. The predicted octanol–water partition coefficient (Wildman–Crippen LogP) is 3.10. The average molecular weight is 256 g/mol. The van der Waals surface area contributed by atoms with E-state index in [-0.39, 0.29) is 5.92 Å². The molecule has 0 fully saturated rings. The van der Waals surface area contributed by atoms with Crippen molar-refractivity contribution in [3.8, 4) is 0 Å². The molecule has 100 valence electrons. The number of hydrogen-bond donors (Lipinski definition) is 1. The first-order valence-corrected chi connectivity index (χ1v) is 7.08. The zero-order valence-electron chi connectivity index (χ0n) is 11.6. The van der Waals surface area contributed by atoms with Gasteiger partial charge in [-0.2, -0.15) is 0 Å². The minimum atomic E-state index is 0.131. The molecule has 0 bridgehead atoms. The Bertz CT molecular complexity index is 614. The summed E-state index contributed by atoms with van der Waals surface area (Å²) in [6.45, 7) is 5.68. The number of aromatic nitrogens is 1. The molecule has 0 saturated carbocycles. The molecule has 2 heterocycles. The number of H-pyrrole nitrogens is 1. The summed E-state index contributed by atoms with van der Waals surface area (Å²) in [5.74, 6) is 0.421. The summed E-state index contributed by atoms with van der Waals surface area (Å²) in [4.78, 5) is 17.8. The van der Waals surface area contributed by atoms with Gasteiger partial charge in [-0.15, -0.1) is 0 Å². The summed E-state index contributed by atoms with van der Waals surface area (Å²) in [6, 6.07) is 8.36. The topological polar surface area (TPSA) is 36.1 Å². The number of nitrogens with one attached hydrogen (secondary N) is 1. The Morgan fingerprint density at radius 3 is 3.00 bits per heavy atom. The molecule has 3 heteroatoms. The van der Waals surface area contributed by atoms with E-state index in [2.05, 4.69) is 30.1 Å². The molecule has 1 atom stereocenters. The molecule has 2 aromatic rings. The van der Waals surface area contributed by atoms with Crippen LogP contribution in [0.2, 0.25) is 0 Å². The van der Waals surface area contributed by atoms with Crippen LogP contribution in [0.15, 0.2) is 24.3 Å². The van der Waals surface area contributed by atoms with E-state index in [1.165, 1.54) is 22.2 Å². The van der Waals surface area contributed by atoms with Gasteiger partial charge in [0, 0.05) is 47.6 Å². The molecular weight excluding hydrogens is 236 g/mol. The van der Waals surface area contributed by atoms with Crippen LogP contribution in [0, 0.1) is 5.92 Å². The maximum atomic E-state index is 12.3. The second kappa shape index (κ2) is 4.72. The number of carbonyl (C=O) groups excluding carboxylic acids is 1. The van der Waals surface area contributed by atoms with Crippen LogP contribution in [0.25, 0.3) is 10.9 Å². The average Bonchev–Trinajstić information content (AvgIpc) is 2.83. The van der Waals surface area contributed by atoms with Crippen LogP contribution >= 0.6 is 0 Å². The Balaban J connectivity index is 1.93. The molecule has 1 aliphatic heterocycles. The van der Waals surface area contributed by atoms with Crippen molar-refractivity contribution in [2.24, 2.45) is 5.92 Å². The van der Waals surface area contributed by atoms with Gasteiger partial charge in [-0.05, 0) is 12.5 Å². The molecular formula is C16H20N2O. The lowest BCUT2D eigenvalue weighted by Crippen LogP contribution is -2.38. The summed E-state index contributed by atoms with van der Waals surface area (Å²) in [5, 5.41) is 1.26. The first kappa shape index (κ1) is 12.3. The van der Waals surface area contributed by atoms with Crippen molar-refractivity contribution in [3.63, 3.8) is 0 Å². The van der Waals surface area contributed by atoms with Crippen molar-refractivity contribution in [2.75, 3.05) is 6.54 Å². The van der Waals surface area contributed by atoms with E-state index in [1.54, 1.807) is 0 Å². The number of para-hydroxylation sites is 1. The lowest BCUT2D eigenvalue weighted by molar-refractivity contribution is -0.136. The number of aromatic amines is 1. The fourth-order valence-corrected chi connectivity index (χ4v) is 2.84. The lowest BCUT2D eigenvalue weighted by atomic mass is 10.0. The van der Waals surface area contributed by atoms with Crippen LogP contribution in [0.3, 0.4) is 0 Å². The largest absolute Gasteiger partial charge is 0.358 e. The van der Waals surface area contributed by atoms with Gasteiger partial charge in [-0.3, -0.25) is 4.79 Å². The fraction of sp³-hybridized carbons (Fsp3) is 0.438. The summed E-state index contributed by atoms with van der Waals surface area (Å²) in [6.07, 6.45) is 1.85. The molecule has 1 N–H and O–H groups in total. The Hall–Kier alpha value is -1.77. The number of rotatable bonds is 2. The Morgan fingerprint density at radius 1 is 1.42 bits per heavy atom. The Kier molecular flexibility index (Phi) is 3.05. The second-order valence-electron chi connectivity index (χ2n) is 5.45. The molecule has 1 aromatic heterocycles. The van der Waals surface area contributed by atoms with Gasteiger partial charge in [0.15, 0.2) is 0 Å². The molecule has 0 saturated heterocycles. The van der Waals surface area contributed by atoms with Crippen molar-refractivity contribution in [1.29, 1.82) is 0 Å². The van der Waals surface area contributed by atoms with Crippen LogP contribution in [-0.2, 0) is 17.8 Å². The highest BCUT2D eigenvalue weighted by Crippen LogP contribution is 2.28. The Morgan fingerprint density at radius 2 is 2.21 bits per heavy atom. The number of amides is 1. The maximum absolute atomic E-state index is 12.3. The first-order valence-electron chi connectivity index (χ1n) is 7.08. The number of hydrogen-bond acceptors (Lipinski definition) is 1.